The Hall–Kier alpha value is -2.12. The second-order valence-corrected chi connectivity index (χ2v) is 9.95. The summed E-state index contributed by atoms with van der Waals surface area (Å²) in [5, 5.41) is 2.85. The van der Waals surface area contributed by atoms with Crippen LogP contribution in [-0.4, -0.2) is 36.3 Å². The summed E-state index contributed by atoms with van der Waals surface area (Å²) in [7, 11) is -1.90. The number of nitrogens with one attached hydrogen (secondary N) is 1. The molecule has 7 heteroatoms. The van der Waals surface area contributed by atoms with E-state index in [-0.39, 0.29) is 10.8 Å². The summed E-state index contributed by atoms with van der Waals surface area (Å²) in [6.07, 6.45) is 3.43. The topological polar surface area (TPSA) is 71.4 Å². The lowest BCUT2D eigenvalue weighted by Crippen LogP contribution is -2.38. The number of benzene rings is 1. The number of carbonyl (C=O) groups excluding carboxylic acids is 1. The summed E-state index contributed by atoms with van der Waals surface area (Å²) < 4.78 is 29.0. The molecule has 0 spiro atoms. The first kappa shape index (κ1) is 20.6. The number of piperidine rings is 1. The van der Waals surface area contributed by atoms with Crippen LogP contribution >= 0.6 is 0 Å². The molecule has 1 amide bonds. The lowest BCUT2D eigenvalue weighted by molar-refractivity contribution is 0.101. The number of hydrogen-bond acceptors (Lipinski definition) is 3. The second-order valence-electron chi connectivity index (χ2n) is 8.01. The normalized spacial score (nSPS) is 18.4. The van der Waals surface area contributed by atoms with E-state index in [4.69, 9.17) is 0 Å². The van der Waals surface area contributed by atoms with Crippen LogP contribution in [0.25, 0.3) is 0 Å². The quantitative estimate of drug-likeness (QED) is 0.825. The van der Waals surface area contributed by atoms with E-state index in [1.807, 2.05) is 24.3 Å². The van der Waals surface area contributed by atoms with Gasteiger partial charge in [0.2, 0.25) is 10.0 Å². The average Bonchev–Trinajstić information content (AvgIpc) is 3.05. The number of anilines is 1. The summed E-state index contributed by atoms with van der Waals surface area (Å²) >= 11 is 0. The molecular weight excluding hydrogens is 374 g/mol. The highest BCUT2D eigenvalue weighted by Crippen LogP contribution is 2.25. The van der Waals surface area contributed by atoms with Crippen LogP contribution in [0.4, 0.5) is 5.69 Å². The highest BCUT2D eigenvalue weighted by atomic mass is 32.2. The van der Waals surface area contributed by atoms with E-state index >= 15 is 0 Å². The van der Waals surface area contributed by atoms with E-state index in [0.29, 0.717) is 36.3 Å². The monoisotopic (exact) mass is 403 g/mol. The molecule has 1 N–H and O–H groups in total. The number of aryl methyl sites for hydroxylation is 1. The number of hydrogen-bond donors (Lipinski definition) is 1. The molecule has 1 aliphatic rings. The SMILES string of the molecule is CC(C)c1ccc(NC(=O)c2cc(S(=O)(=O)N3CCC[C@@H](C)C3)cn2C)cc1. The number of nitrogens with zero attached hydrogens (tertiary/aromatic N) is 2. The minimum Gasteiger partial charge on any atom is -0.345 e. The molecule has 0 aliphatic carbocycles. The van der Waals surface area contributed by atoms with Crippen LogP contribution in [0.3, 0.4) is 0 Å². The molecule has 1 fully saturated rings. The molecule has 0 radical (unpaired) electrons. The molecule has 28 heavy (non-hydrogen) atoms. The van der Waals surface area contributed by atoms with Crippen molar-refractivity contribution in [1.29, 1.82) is 0 Å². The van der Waals surface area contributed by atoms with E-state index in [1.54, 1.807) is 11.6 Å². The number of aromatic nitrogens is 1. The Morgan fingerprint density at radius 3 is 2.50 bits per heavy atom. The molecule has 1 aromatic heterocycles. The fourth-order valence-corrected chi connectivity index (χ4v) is 5.23. The van der Waals surface area contributed by atoms with E-state index in [9.17, 15) is 13.2 Å². The van der Waals surface area contributed by atoms with Gasteiger partial charge in [0, 0.05) is 32.0 Å². The predicted molar refractivity (Wildman–Crippen MR) is 111 cm³/mol. The van der Waals surface area contributed by atoms with Crippen LogP contribution < -0.4 is 5.32 Å². The van der Waals surface area contributed by atoms with E-state index in [1.165, 1.54) is 22.1 Å². The molecule has 0 unspecified atom stereocenters. The number of amides is 1. The van der Waals surface area contributed by atoms with Crippen molar-refractivity contribution in [2.45, 2.75) is 44.4 Å². The van der Waals surface area contributed by atoms with Crippen molar-refractivity contribution in [3.8, 4) is 0 Å². The number of sulfonamides is 1. The van der Waals surface area contributed by atoms with Gasteiger partial charge in [-0.2, -0.15) is 4.31 Å². The second kappa shape index (κ2) is 8.09. The third-order valence-corrected chi connectivity index (χ3v) is 7.14. The first-order valence-corrected chi connectivity index (χ1v) is 11.2. The van der Waals surface area contributed by atoms with Gasteiger partial charge < -0.3 is 9.88 Å². The standard InChI is InChI=1S/C21H29N3O3S/c1-15(2)17-7-9-18(10-8-17)22-21(25)20-12-19(14-23(20)4)28(26,27)24-11-5-6-16(3)13-24/h7-10,12,14-16H,5-6,11,13H2,1-4H3,(H,22,25)/t16-/m1/s1. The van der Waals surface area contributed by atoms with Gasteiger partial charge in [0.05, 0.1) is 0 Å². The van der Waals surface area contributed by atoms with Gasteiger partial charge in [0.25, 0.3) is 5.91 Å². The minimum absolute atomic E-state index is 0.171. The summed E-state index contributed by atoms with van der Waals surface area (Å²) in [6.45, 7) is 7.35. The Morgan fingerprint density at radius 1 is 1.21 bits per heavy atom. The van der Waals surface area contributed by atoms with Crippen LogP contribution in [0.15, 0.2) is 41.4 Å². The van der Waals surface area contributed by atoms with Crippen LogP contribution in [0.5, 0.6) is 0 Å². The zero-order valence-corrected chi connectivity index (χ0v) is 17.8. The fraction of sp³-hybridized carbons (Fsp3) is 0.476. The zero-order valence-electron chi connectivity index (χ0n) is 17.0. The smallest absolute Gasteiger partial charge is 0.272 e. The van der Waals surface area contributed by atoms with Gasteiger partial charge in [0.15, 0.2) is 0 Å². The lowest BCUT2D eigenvalue weighted by Gasteiger charge is -2.29. The third kappa shape index (κ3) is 4.31. The lowest BCUT2D eigenvalue weighted by atomic mass is 10.0. The maximum absolute atomic E-state index is 13.0. The first-order valence-electron chi connectivity index (χ1n) is 9.76. The van der Waals surface area contributed by atoms with Gasteiger partial charge in [-0.25, -0.2) is 8.42 Å². The van der Waals surface area contributed by atoms with E-state index in [2.05, 4.69) is 26.1 Å². The molecule has 152 valence electrons. The van der Waals surface area contributed by atoms with Crippen LogP contribution in [-0.2, 0) is 17.1 Å². The molecule has 1 aliphatic heterocycles. The van der Waals surface area contributed by atoms with Crippen molar-refractivity contribution >= 4 is 21.6 Å². The molecule has 2 heterocycles. The molecule has 1 saturated heterocycles. The highest BCUT2D eigenvalue weighted by molar-refractivity contribution is 7.89. The van der Waals surface area contributed by atoms with Crippen molar-refractivity contribution < 1.29 is 13.2 Å². The maximum atomic E-state index is 13.0. The molecule has 2 aromatic rings. The Labute approximate surface area is 167 Å². The van der Waals surface area contributed by atoms with Gasteiger partial charge in [-0.3, -0.25) is 4.79 Å². The number of rotatable bonds is 5. The minimum atomic E-state index is -3.59. The largest absolute Gasteiger partial charge is 0.345 e. The molecule has 1 aromatic carbocycles. The summed E-state index contributed by atoms with van der Waals surface area (Å²) in [4.78, 5) is 12.9. The summed E-state index contributed by atoms with van der Waals surface area (Å²) in [5.41, 5.74) is 2.20. The molecule has 0 saturated carbocycles. The van der Waals surface area contributed by atoms with E-state index < -0.39 is 10.0 Å². The molecule has 3 rings (SSSR count). The highest BCUT2D eigenvalue weighted by Gasteiger charge is 2.30. The Kier molecular flexibility index (Phi) is 5.95. The van der Waals surface area contributed by atoms with Crippen molar-refractivity contribution in [2.75, 3.05) is 18.4 Å². The molecule has 0 bridgehead atoms. The van der Waals surface area contributed by atoms with Crippen LogP contribution in [0.2, 0.25) is 0 Å². The van der Waals surface area contributed by atoms with Gasteiger partial charge in [0.1, 0.15) is 10.6 Å². The van der Waals surface area contributed by atoms with Gasteiger partial charge in [-0.05, 0) is 48.4 Å². The Morgan fingerprint density at radius 2 is 1.89 bits per heavy atom. The predicted octanol–water partition coefficient (Wildman–Crippen LogP) is 3.82. The molecule has 6 nitrogen and oxygen atoms in total. The first-order chi connectivity index (χ1) is 13.2. The van der Waals surface area contributed by atoms with Gasteiger partial charge >= 0.3 is 0 Å². The van der Waals surface area contributed by atoms with Crippen molar-refractivity contribution in [2.24, 2.45) is 13.0 Å². The van der Waals surface area contributed by atoms with Gasteiger partial charge in [-0.1, -0.05) is 32.9 Å². The Balaban J connectivity index is 1.78. The van der Waals surface area contributed by atoms with Crippen molar-refractivity contribution in [3.63, 3.8) is 0 Å². The maximum Gasteiger partial charge on any atom is 0.272 e. The van der Waals surface area contributed by atoms with Crippen LogP contribution in [0, 0.1) is 5.92 Å². The average molecular weight is 404 g/mol. The fourth-order valence-electron chi connectivity index (χ4n) is 3.56. The molecule has 1 atom stereocenters. The third-order valence-electron chi connectivity index (χ3n) is 5.31. The van der Waals surface area contributed by atoms with E-state index in [0.717, 1.165) is 12.8 Å². The van der Waals surface area contributed by atoms with Crippen LogP contribution in [0.1, 0.15) is 55.6 Å². The Bertz CT molecular complexity index is 946. The summed E-state index contributed by atoms with van der Waals surface area (Å²) in [5.74, 6) is 0.444. The van der Waals surface area contributed by atoms with Crippen molar-refractivity contribution in [3.05, 3.63) is 47.8 Å². The van der Waals surface area contributed by atoms with Gasteiger partial charge in [-0.15, -0.1) is 0 Å². The molecular formula is C21H29N3O3S. The number of carbonyl (C=O) groups is 1. The summed E-state index contributed by atoms with van der Waals surface area (Å²) in [6, 6.07) is 9.16. The zero-order chi connectivity index (χ0) is 20.5. The van der Waals surface area contributed by atoms with Crippen molar-refractivity contribution in [1.82, 2.24) is 8.87 Å².